The summed E-state index contributed by atoms with van der Waals surface area (Å²) in [5, 5.41) is 5.50. The highest BCUT2D eigenvalue weighted by Gasteiger charge is 2.35. The van der Waals surface area contributed by atoms with Gasteiger partial charge in [0.1, 0.15) is 24.0 Å². The maximum Gasteiger partial charge on any atom is 0.414 e. The lowest BCUT2D eigenvalue weighted by Crippen LogP contribution is -2.52. The molecule has 16 heteroatoms. The number of nitrogens with zero attached hydrogens (tertiary/aromatic N) is 6. The fourth-order valence-electron chi connectivity index (χ4n) is 5.26. The standard InChI is InChI=1S/C28H34F2N8O6/c1-3-34(25(40)22-16-37-7-5-6-31-26(37)33-22)17-23(39)35-8-10-36(11-9-35)24-20(29)12-18(13-21(24)30)38-15-19(44-28(38)42)14-32-27(41)43-4-2/h5-7,12-13,16,19,26,33H,3-4,8-11,14-15,17H2,1-2H3,(H,32,41)/t19-,26?/m0/s1. The summed E-state index contributed by atoms with van der Waals surface area (Å²) in [7, 11) is 0. The van der Waals surface area contributed by atoms with Crippen molar-refractivity contribution in [3.63, 3.8) is 0 Å². The van der Waals surface area contributed by atoms with Gasteiger partial charge in [-0.1, -0.05) is 0 Å². The number of halogens is 2. The van der Waals surface area contributed by atoms with E-state index in [1.54, 1.807) is 48.3 Å². The van der Waals surface area contributed by atoms with Crippen LogP contribution in [0.1, 0.15) is 13.8 Å². The molecule has 2 atom stereocenters. The monoisotopic (exact) mass is 616 g/mol. The number of cyclic esters (lactones) is 1. The lowest BCUT2D eigenvalue weighted by molar-refractivity contribution is -0.138. The number of hydrogen-bond donors (Lipinski definition) is 2. The van der Waals surface area contributed by atoms with Gasteiger partial charge in [-0.2, -0.15) is 0 Å². The SMILES string of the molecule is CCOC(=O)NC[C@H]1CN(c2cc(F)c(N3CCN(C(=O)CN(CC)C(=O)C4=CN5C=CC=NC5N4)CC3)c(F)c2)C(=O)O1. The highest BCUT2D eigenvalue weighted by Crippen LogP contribution is 2.31. The molecule has 4 amide bonds. The molecule has 236 valence electrons. The van der Waals surface area contributed by atoms with Crippen LogP contribution in [0.4, 0.5) is 29.7 Å². The average Bonchev–Trinajstić information content (AvgIpc) is 3.62. The molecule has 0 aliphatic carbocycles. The third-order valence-corrected chi connectivity index (χ3v) is 7.53. The number of fused-ring (bicyclic) bond motifs is 1. The Kier molecular flexibility index (Phi) is 9.15. The largest absolute Gasteiger partial charge is 0.450 e. The summed E-state index contributed by atoms with van der Waals surface area (Å²) in [4.78, 5) is 61.6. The van der Waals surface area contributed by atoms with Crippen molar-refractivity contribution < 1.29 is 37.4 Å². The van der Waals surface area contributed by atoms with Gasteiger partial charge in [-0.05, 0) is 19.9 Å². The van der Waals surface area contributed by atoms with Crippen molar-refractivity contribution in [2.24, 2.45) is 4.99 Å². The number of aliphatic imine (C=N–C) groups is 1. The number of likely N-dealkylation sites (N-methyl/N-ethyl adjacent to an activating group) is 1. The van der Waals surface area contributed by atoms with Crippen LogP contribution in [0.3, 0.4) is 0 Å². The number of alkyl carbamates (subject to hydrolysis) is 1. The molecule has 1 aromatic rings. The summed E-state index contributed by atoms with van der Waals surface area (Å²) >= 11 is 0. The van der Waals surface area contributed by atoms with Gasteiger partial charge in [0.15, 0.2) is 17.9 Å². The molecule has 0 spiro atoms. The molecule has 1 aromatic carbocycles. The fraction of sp³-hybridized carbons (Fsp3) is 0.464. The number of carbonyl (C=O) groups is 4. The zero-order valence-corrected chi connectivity index (χ0v) is 24.4. The molecule has 0 bridgehead atoms. The van der Waals surface area contributed by atoms with Crippen molar-refractivity contribution in [1.82, 2.24) is 25.3 Å². The van der Waals surface area contributed by atoms with Gasteiger partial charge >= 0.3 is 12.2 Å². The third-order valence-electron chi connectivity index (χ3n) is 7.53. The van der Waals surface area contributed by atoms with E-state index >= 15 is 8.78 Å². The minimum atomic E-state index is -0.865. The highest BCUT2D eigenvalue weighted by atomic mass is 19.1. The second-order valence-electron chi connectivity index (χ2n) is 10.3. The fourth-order valence-corrected chi connectivity index (χ4v) is 5.26. The van der Waals surface area contributed by atoms with Gasteiger partial charge in [-0.15, -0.1) is 0 Å². The summed E-state index contributed by atoms with van der Waals surface area (Å²) in [6.07, 6.45) is 4.26. The van der Waals surface area contributed by atoms with Crippen LogP contribution in [0.2, 0.25) is 0 Å². The van der Waals surface area contributed by atoms with E-state index in [1.165, 1.54) is 9.80 Å². The Bertz CT molecular complexity index is 1370. The Balaban J connectivity index is 1.15. The van der Waals surface area contributed by atoms with Gasteiger partial charge in [-0.3, -0.25) is 14.5 Å². The predicted molar refractivity (Wildman–Crippen MR) is 155 cm³/mol. The van der Waals surface area contributed by atoms with Gasteiger partial charge in [-0.25, -0.2) is 23.4 Å². The highest BCUT2D eigenvalue weighted by molar-refractivity contribution is 5.96. The number of hydrogen-bond acceptors (Lipinski definition) is 10. The zero-order valence-electron chi connectivity index (χ0n) is 24.4. The smallest absolute Gasteiger partial charge is 0.414 e. The summed E-state index contributed by atoms with van der Waals surface area (Å²) < 4.78 is 40.5. The van der Waals surface area contributed by atoms with Crippen LogP contribution in [0.5, 0.6) is 0 Å². The molecule has 0 radical (unpaired) electrons. The maximum atomic E-state index is 15.2. The predicted octanol–water partition coefficient (Wildman–Crippen LogP) is 1.16. The Morgan fingerprint density at radius 2 is 1.89 bits per heavy atom. The van der Waals surface area contributed by atoms with Crippen molar-refractivity contribution in [2.45, 2.75) is 26.2 Å². The number of rotatable bonds is 9. The molecule has 4 aliphatic rings. The van der Waals surface area contributed by atoms with Crippen LogP contribution in [0.25, 0.3) is 0 Å². The van der Waals surface area contributed by atoms with Crippen LogP contribution < -0.4 is 20.4 Å². The van der Waals surface area contributed by atoms with E-state index in [2.05, 4.69) is 15.6 Å². The Hall–Kier alpha value is -4.89. The zero-order chi connectivity index (χ0) is 31.4. The normalized spacial score (nSPS) is 20.6. The van der Waals surface area contributed by atoms with E-state index in [4.69, 9.17) is 9.47 Å². The number of benzene rings is 1. The molecule has 44 heavy (non-hydrogen) atoms. The van der Waals surface area contributed by atoms with Crippen molar-refractivity contribution >= 4 is 41.6 Å². The molecule has 2 saturated heterocycles. The van der Waals surface area contributed by atoms with E-state index in [-0.39, 0.29) is 75.6 Å². The van der Waals surface area contributed by atoms with Crippen molar-refractivity contribution in [3.05, 3.63) is 47.9 Å². The molecule has 1 unspecified atom stereocenters. The van der Waals surface area contributed by atoms with Gasteiger partial charge in [0, 0.05) is 63.5 Å². The summed E-state index contributed by atoms with van der Waals surface area (Å²) in [6, 6.07) is 2.12. The first-order valence-corrected chi connectivity index (χ1v) is 14.3. The first kappa shape index (κ1) is 30.6. The lowest BCUT2D eigenvalue weighted by Gasteiger charge is -2.37. The van der Waals surface area contributed by atoms with E-state index < -0.39 is 36.2 Å². The van der Waals surface area contributed by atoms with Gasteiger partial charge in [0.05, 0.1) is 25.4 Å². The minimum Gasteiger partial charge on any atom is -0.450 e. The van der Waals surface area contributed by atoms with Gasteiger partial charge in [0.25, 0.3) is 5.91 Å². The van der Waals surface area contributed by atoms with Crippen molar-refractivity contribution in [3.8, 4) is 0 Å². The number of carbonyl (C=O) groups excluding carboxylic acids is 4. The molecule has 2 N–H and O–H groups in total. The Morgan fingerprint density at radius 1 is 1.16 bits per heavy atom. The molecule has 0 saturated carbocycles. The topological polar surface area (TPSA) is 139 Å². The summed E-state index contributed by atoms with van der Waals surface area (Å²) in [5.41, 5.74) is 0.0570. The van der Waals surface area contributed by atoms with Crippen LogP contribution in [0.15, 0.2) is 41.3 Å². The molecule has 2 fully saturated rings. The van der Waals surface area contributed by atoms with Crippen LogP contribution in [-0.4, -0.2) is 116 Å². The number of piperazine rings is 1. The van der Waals surface area contributed by atoms with E-state index in [0.717, 1.165) is 17.0 Å². The van der Waals surface area contributed by atoms with E-state index in [0.29, 0.717) is 12.2 Å². The number of allylic oxidation sites excluding steroid dienone is 1. The van der Waals surface area contributed by atoms with Gasteiger partial charge < -0.3 is 39.7 Å². The van der Waals surface area contributed by atoms with Crippen molar-refractivity contribution in [2.75, 3.05) is 68.8 Å². The third kappa shape index (κ3) is 6.53. The van der Waals surface area contributed by atoms with Crippen LogP contribution in [-0.2, 0) is 19.1 Å². The number of anilines is 2. The molecular formula is C28H34F2N8O6. The molecule has 4 heterocycles. The Labute approximate surface area is 252 Å². The van der Waals surface area contributed by atoms with Crippen molar-refractivity contribution in [1.29, 1.82) is 0 Å². The Morgan fingerprint density at radius 3 is 2.55 bits per heavy atom. The number of nitrogens with one attached hydrogen (secondary N) is 2. The maximum absolute atomic E-state index is 15.2. The molecule has 14 nitrogen and oxygen atoms in total. The summed E-state index contributed by atoms with van der Waals surface area (Å²) in [5.74, 6) is -2.33. The first-order valence-electron chi connectivity index (χ1n) is 14.3. The second kappa shape index (κ2) is 13.2. The van der Waals surface area contributed by atoms with E-state index in [9.17, 15) is 19.2 Å². The molecular weight excluding hydrogens is 582 g/mol. The first-order chi connectivity index (χ1) is 21.2. The molecule has 4 aliphatic heterocycles. The lowest BCUT2D eigenvalue weighted by atomic mass is 10.2. The van der Waals surface area contributed by atoms with E-state index in [1.807, 2.05) is 0 Å². The average molecular weight is 617 g/mol. The number of ether oxygens (including phenoxy) is 2. The molecule has 0 aromatic heterocycles. The molecule has 5 rings (SSSR count). The van der Waals surface area contributed by atoms with Gasteiger partial charge in [0.2, 0.25) is 5.91 Å². The minimum absolute atomic E-state index is 0.0152. The second-order valence-corrected chi connectivity index (χ2v) is 10.3. The van der Waals surface area contributed by atoms with Crippen LogP contribution >= 0.6 is 0 Å². The quantitative estimate of drug-likeness (QED) is 0.419. The number of amides is 4. The van der Waals surface area contributed by atoms with Crippen LogP contribution in [0, 0.1) is 11.6 Å². The summed E-state index contributed by atoms with van der Waals surface area (Å²) in [6.45, 7) is 4.49.